The van der Waals surface area contributed by atoms with Gasteiger partial charge in [-0.1, -0.05) is 11.6 Å². The summed E-state index contributed by atoms with van der Waals surface area (Å²) >= 11 is 5.83. The molecule has 1 aromatic heterocycles. The van der Waals surface area contributed by atoms with Crippen molar-refractivity contribution in [3.05, 3.63) is 34.9 Å². The molecule has 1 heterocycles. The van der Waals surface area contributed by atoms with Gasteiger partial charge >= 0.3 is 5.97 Å². The Kier molecular flexibility index (Phi) is 3.16. The highest BCUT2D eigenvalue weighted by molar-refractivity contribution is 6.31. The molecule has 6 heteroatoms. The van der Waals surface area contributed by atoms with Gasteiger partial charge in [0.05, 0.1) is 11.1 Å². The first-order valence-electron chi connectivity index (χ1n) is 5.08. The van der Waals surface area contributed by atoms with E-state index in [0.717, 1.165) is 0 Å². The monoisotopic (exact) mass is 264 g/mol. The smallest absolute Gasteiger partial charge is 0.336 e. The van der Waals surface area contributed by atoms with E-state index in [2.05, 4.69) is 10.3 Å². The lowest BCUT2D eigenvalue weighted by atomic mass is 10.1. The van der Waals surface area contributed by atoms with Gasteiger partial charge in [0.25, 0.3) is 0 Å². The lowest BCUT2D eigenvalue weighted by Gasteiger charge is -2.07. The topological polar surface area (TPSA) is 79.3 Å². The number of hydrogen-bond donors (Lipinski definition) is 2. The number of carbonyl (C=O) groups is 2. The number of benzene rings is 1. The average Bonchev–Trinajstić information content (AvgIpc) is 2.27. The highest BCUT2D eigenvalue weighted by Gasteiger charge is 2.12. The third-order valence-electron chi connectivity index (χ3n) is 2.31. The number of pyridine rings is 1. The molecule has 1 aromatic carbocycles. The van der Waals surface area contributed by atoms with Crippen LogP contribution in [0.3, 0.4) is 0 Å². The Morgan fingerprint density at radius 1 is 1.33 bits per heavy atom. The van der Waals surface area contributed by atoms with E-state index >= 15 is 0 Å². The summed E-state index contributed by atoms with van der Waals surface area (Å²) in [5.41, 5.74) is 0.509. The fourth-order valence-corrected chi connectivity index (χ4v) is 1.79. The lowest BCUT2D eigenvalue weighted by molar-refractivity contribution is -0.114. The molecule has 0 spiro atoms. The zero-order chi connectivity index (χ0) is 13.3. The van der Waals surface area contributed by atoms with Crippen molar-refractivity contribution in [2.45, 2.75) is 6.92 Å². The van der Waals surface area contributed by atoms with Crippen LogP contribution in [0.15, 0.2) is 24.3 Å². The van der Waals surface area contributed by atoms with E-state index < -0.39 is 5.97 Å². The van der Waals surface area contributed by atoms with Gasteiger partial charge in [-0.05, 0) is 24.3 Å². The van der Waals surface area contributed by atoms with Crippen LogP contribution in [0.2, 0.25) is 5.02 Å². The number of hydrogen-bond acceptors (Lipinski definition) is 3. The van der Waals surface area contributed by atoms with Crippen LogP contribution in [0, 0.1) is 0 Å². The van der Waals surface area contributed by atoms with E-state index in [1.54, 1.807) is 12.1 Å². The third-order valence-corrected chi connectivity index (χ3v) is 2.54. The number of aromatic nitrogens is 1. The maximum absolute atomic E-state index is 11.2. The largest absolute Gasteiger partial charge is 0.478 e. The highest BCUT2D eigenvalue weighted by atomic mass is 35.5. The van der Waals surface area contributed by atoms with Crippen LogP contribution in [0.4, 0.5) is 5.82 Å². The Bertz CT molecular complexity index is 655. The van der Waals surface area contributed by atoms with Crippen LogP contribution in [0.1, 0.15) is 17.3 Å². The second kappa shape index (κ2) is 4.62. The standard InChI is InChI=1S/C12H9ClN2O3/c1-6(16)14-11-5-9(12(17)18)8-4-7(13)2-3-10(8)15-11/h2-5H,1H3,(H,17,18)(H,14,15,16). The molecule has 92 valence electrons. The molecule has 0 fully saturated rings. The summed E-state index contributed by atoms with van der Waals surface area (Å²) in [6.07, 6.45) is 0. The van der Waals surface area contributed by atoms with Gasteiger partial charge in [0.2, 0.25) is 5.91 Å². The number of nitrogens with one attached hydrogen (secondary N) is 1. The quantitative estimate of drug-likeness (QED) is 0.874. The third kappa shape index (κ3) is 2.41. The summed E-state index contributed by atoms with van der Waals surface area (Å²) < 4.78 is 0. The normalized spacial score (nSPS) is 10.3. The van der Waals surface area contributed by atoms with Crippen LogP contribution < -0.4 is 5.32 Å². The molecular weight excluding hydrogens is 256 g/mol. The van der Waals surface area contributed by atoms with Gasteiger partial charge < -0.3 is 10.4 Å². The highest BCUT2D eigenvalue weighted by Crippen LogP contribution is 2.24. The van der Waals surface area contributed by atoms with Gasteiger partial charge in [-0.3, -0.25) is 4.79 Å². The average molecular weight is 265 g/mol. The minimum atomic E-state index is -1.10. The van der Waals surface area contributed by atoms with Crippen LogP contribution in [-0.4, -0.2) is 22.0 Å². The molecule has 0 saturated heterocycles. The van der Waals surface area contributed by atoms with E-state index in [0.29, 0.717) is 15.9 Å². The lowest BCUT2D eigenvalue weighted by Crippen LogP contribution is -2.09. The maximum atomic E-state index is 11.2. The Morgan fingerprint density at radius 3 is 2.67 bits per heavy atom. The molecule has 0 atom stereocenters. The molecule has 0 aliphatic rings. The number of carboxylic acid groups (broad SMARTS) is 1. The van der Waals surface area contributed by atoms with Crippen molar-refractivity contribution >= 4 is 40.2 Å². The molecule has 18 heavy (non-hydrogen) atoms. The fraction of sp³-hybridized carbons (Fsp3) is 0.0833. The SMILES string of the molecule is CC(=O)Nc1cc(C(=O)O)c2cc(Cl)ccc2n1. The van der Waals surface area contributed by atoms with Gasteiger partial charge in [-0.15, -0.1) is 0 Å². The molecule has 0 radical (unpaired) electrons. The second-order valence-electron chi connectivity index (χ2n) is 3.70. The van der Waals surface area contributed by atoms with Gasteiger partial charge in [0, 0.05) is 17.3 Å². The van der Waals surface area contributed by atoms with Crippen LogP contribution in [0.25, 0.3) is 10.9 Å². The van der Waals surface area contributed by atoms with Crippen LogP contribution >= 0.6 is 11.6 Å². The summed E-state index contributed by atoms with van der Waals surface area (Å²) in [6.45, 7) is 1.33. The first-order valence-corrected chi connectivity index (χ1v) is 5.46. The molecule has 0 saturated carbocycles. The van der Waals surface area contributed by atoms with Gasteiger partial charge in [0.1, 0.15) is 5.82 Å². The molecule has 2 rings (SSSR count). The number of rotatable bonds is 2. The number of halogens is 1. The molecule has 0 aliphatic heterocycles. The Balaban J connectivity index is 2.70. The van der Waals surface area contributed by atoms with Gasteiger partial charge in [-0.2, -0.15) is 0 Å². The molecule has 2 aromatic rings. The fourth-order valence-electron chi connectivity index (χ4n) is 1.62. The van der Waals surface area contributed by atoms with Gasteiger partial charge in [0.15, 0.2) is 0 Å². The molecule has 5 nitrogen and oxygen atoms in total. The van der Waals surface area contributed by atoms with E-state index in [4.69, 9.17) is 16.7 Å². The van der Waals surface area contributed by atoms with Crippen LogP contribution in [0.5, 0.6) is 0 Å². The molecule has 1 amide bonds. The van der Waals surface area contributed by atoms with Gasteiger partial charge in [-0.25, -0.2) is 9.78 Å². The summed E-state index contributed by atoms with van der Waals surface area (Å²) in [4.78, 5) is 26.3. The van der Waals surface area contributed by atoms with Crippen LogP contribution in [-0.2, 0) is 4.79 Å². The summed E-state index contributed by atoms with van der Waals surface area (Å²) in [7, 11) is 0. The van der Waals surface area contributed by atoms with E-state index in [9.17, 15) is 9.59 Å². The van der Waals surface area contributed by atoms with E-state index in [1.165, 1.54) is 19.1 Å². The summed E-state index contributed by atoms with van der Waals surface area (Å²) in [5, 5.41) is 12.5. The molecule has 2 N–H and O–H groups in total. The summed E-state index contributed by atoms with van der Waals surface area (Å²) in [6, 6.07) is 6.06. The minimum Gasteiger partial charge on any atom is -0.478 e. The maximum Gasteiger partial charge on any atom is 0.336 e. The number of carbonyl (C=O) groups excluding carboxylic acids is 1. The number of aromatic carboxylic acids is 1. The number of anilines is 1. The van der Waals surface area contributed by atoms with E-state index in [1.807, 2.05) is 0 Å². The summed E-state index contributed by atoms with van der Waals surface area (Å²) in [5.74, 6) is -1.21. The second-order valence-corrected chi connectivity index (χ2v) is 4.14. The molecule has 0 aliphatic carbocycles. The first kappa shape index (κ1) is 12.3. The Morgan fingerprint density at radius 2 is 2.06 bits per heavy atom. The Labute approximate surface area is 107 Å². The van der Waals surface area contributed by atoms with Crippen molar-refractivity contribution in [1.82, 2.24) is 4.98 Å². The molecular formula is C12H9ClN2O3. The van der Waals surface area contributed by atoms with Crippen molar-refractivity contribution in [3.8, 4) is 0 Å². The van der Waals surface area contributed by atoms with Crippen molar-refractivity contribution in [2.75, 3.05) is 5.32 Å². The van der Waals surface area contributed by atoms with Crippen molar-refractivity contribution in [3.63, 3.8) is 0 Å². The predicted molar refractivity (Wildman–Crippen MR) is 68.0 cm³/mol. The predicted octanol–water partition coefficient (Wildman–Crippen LogP) is 2.54. The van der Waals surface area contributed by atoms with Crippen molar-refractivity contribution in [1.29, 1.82) is 0 Å². The molecule has 0 unspecified atom stereocenters. The number of nitrogens with zero attached hydrogens (tertiary/aromatic N) is 1. The first-order chi connectivity index (χ1) is 8.47. The van der Waals surface area contributed by atoms with Crippen molar-refractivity contribution < 1.29 is 14.7 Å². The van der Waals surface area contributed by atoms with E-state index in [-0.39, 0.29) is 17.3 Å². The zero-order valence-electron chi connectivity index (χ0n) is 9.40. The number of fused-ring (bicyclic) bond motifs is 1. The number of carboxylic acids is 1. The zero-order valence-corrected chi connectivity index (χ0v) is 10.2. The molecule has 0 bridgehead atoms. The van der Waals surface area contributed by atoms with Crippen molar-refractivity contribution in [2.24, 2.45) is 0 Å². The minimum absolute atomic E-state index is 0.0475. The Hall–Kier alpha value is -2.14. The number of amides is 1.